The highest BCUT2D eigenvalue weighted by molar-refractivity contribution is 9.10. The Labute approximate surface area is 198 Å². The van der Waals surface area contributed by atoms with Gasteiger partial charge in [0.15, 0.2) is 16.9 Å². The van der Waals surface area contributed by atoms with Crippen molar-refractivity contribution in [2.24, 2.45) is 0 Å². The molecular formula is C26H20BrNO5. The molecule has 1 unspecified atom stereocenters. The van der Waals surface area contributed by atoms with E-state index in [2.05, 4.69) is 15.9 Å². The number of amides is 1. The van der Waals surface area contributed by atoms with E-state index < -0.39 is 11.9 Å². The van der Waals surface area contributed by atoms with Gasteiger partial charge in [-0.25, -0.2) is 0 Å². The zero-order valence-corrected chi connectivity index (χ0v) is 19.8. The van der Waals surface area contributed by atoms with Gasteiger partial charge in [0.2, 0.25) is 5.76 Å². The largest absolute Gasteiger partial charge is 0.504 e. The fraction of sp³-hybridized carbons (Fsp3) is 0.154. The van der Waals surface area contributed by atoms with Gasteiger partial charge in [-0.2, -0.15) is 0 Å². The van der Waals surface area contributed by atoms with E-state index in [1.807, 2.05) is 32.0 Å². The normalized spacial score (nSPS) is 15.2. The topological polar surface area (TPSA) is 80.0 Å². The van der Waals surface area contributed by atoms with E-state index in [1.165, 1.54) is 13.2 Å². The Balaban J connectivity index is 1.83. The van der Waals surface area contributed by atoms with Gasteiger partial charge in [0.25, 0.3) is 5.91 Å². The minimum absolute atomic E-state index is 0.0186. The molecule has 1 N–H and O–H groups in total. The Morgan fingerprint density at radius 2 is 1.79 bits per heavy atom. The van der Waals surface area contributed by atoms with Crippen LogP contribution < -0.4 is 15.1 Å². The van der Waals surface area contributed by atoms with Crippen LogP contribution in [-0.4, -0.2) is 18.1 Å². The summed E-state index contributed by atoms with van der Waals surface area (Å²) in [5.41, 5.74) is 3.72. The van der Waals surface area contributed by atoms with Gasteiger partial charge >= 0.3 is 0 Å². The zero-order valence-electron chi connectivity index (χ0n) is 18.2. The molecule has 0 radical (unpaired) electrons. The van der Waals surface area contributed by atoms with E-state index in [0.717, 1.165) is 15.6 Å². The Morgan fingerprint density at radius 3 is 2.52 bits per heavy atom. The maximum Gasteiger partial charge on any atom is 0.295 e. The molecule has 1 atom stereocenters. The number of carbonyl (C=O) groups is 1. The fourth-order valence-electron chi connectivity index (χ4n) is 4.27. The van der Waals surface area contributed by atoms with Crippen LogP contribution in [0.1, 0.15) is 38.9 Å². The SMILES string of the molecule is COc1cc(C2c3c(oc4ccc(Br)cc4c3=O)C(=O)N2c2ccc(C)c(C)c2)ccc1O. The average molecular weight is 506 g/mol. The van der Waals surface area contributed by atoms with Crippen molar-refractivity contribution in [2.45, 2.75) is 19.9 Å². The van der Waals surface area contributed by atoms with Crippen molar-refractivity contribution in [1.82, 2.24) is 0 Å². The number of fused-ring (bicyclic) bond motifs is 2. The lowest BCUT2D eigenvalue weighted by molar-refractivity contribution is 0.0971. The van der Waals surface area contributed by atoms with Crippen molar-refractivity contribution in [2.75, 3.05) is 12.0 Å². The predicted octanol–water partition coefficient (Wildman–Crippen LogP) is 5.64. The van der Waals surface area contributed by atoms with Crippen LogP contribution in [0.25, 0.3) is 11.0 Å². The van der Waals surface area contributed by atoms with E-state index >= 15 is 0 Å². The highest BCUT2D eigenvalue weighted by atomic mass is 79.9. The molecule has 6 nitrogen and oxygen atoms in total. The van der Waals surface area contributed by atoms with E-state index in [0.29, 0.717) is 22.2 Å². The third-order valence-electron chi connectivity index (χ3n) is 6.12. The Morgan fingerprint density at radius 1 is 1.00 bits per heavy atom. The molecule has 0 fully saturated rings. The molecule has 1 amide bonds. The Bertz CT molecular complexity index is 1510. The molecule has 3 aromatic carbocycles. The molecule has 1 aliphatic heterocycles. The summed E-state index contributed by atoms with van der Waals surface area (Å²) in [6, 6.07) is 14.9. The van der Waals surface area contributed by atoms with Crippen molar-refractivity contribution in [3.05, 3.63) is 97.3 Å². The number of ether oxygens (including phenoxy) is 1. The molecule has 166 valence electrons. The summed E-state index contributed by atoms with van der Waals surface area (Å²) in [6.45, 7) is 3.97. The molecule has 1 aliphatic rings. The summed E-state index contributed by atoms with van der Waals surface area (Å²) < 4.78 is 12.0. The number of anilines is 1. The smallest absolute Gasteiger partial charge is 0.295 e. The number of nitrogens with zero attached hydrogens (tertiary/aromatic N) is 1. The molecule has 0 spiro atoms. The lowest BCUT2D eigenvalue weighted by Gasteiger charge is -2.26. The summed E-state index contributed by atoms with van der Waals surface area (Å²) in [5, 5.41) is 10.5. The van der Waals surface area contributed by atoms with Crippen molar-refractivity contribution >= 4 is 38.5 Å². The minimum atomic E-state index is -0.747. The summed E-state index contributed by atoms with van der Waals surface area (Å²) in [6.07, 6.45) is 0. The van der Waals surface area contributed by atoms with Crippen molar-refractivity contribution < 1.29 is 19.1 Å². The van der Waals surface area contributed by atoms with Gasteiger partial charge in [-0.15, -0.1) is 0 Å². The fourth-order valence-corrected chi connectivity index (χ4v) is 4.63. The van der Waals surface area contributed by atoms with Crippen LogP contribution in [0.15, 0.2) is 68.3 Å². The molecule has 0 bridgehead atoms. The first-order chi connectivity index (χ1) is 15.8. The molecule has 1 aromatic heterocycles. The maximum absolute atomic E-state index is 13.7. The molecule has 2 heterocycles. The van der Waals surface area contributed by atoms with Crippen LogP contribution in [0.3, 0.4) is 0 Å². The molecule has 0 saturated heterocycles. The van der Waals surface area contributed by atoms with Gasteiger partial charge in [0.1, 0.15) is 5.58 Å². The summed E-state index contributed by atoms with van der Waals surface area (Å²) in [4.78, 5) is 28.9. The van der Waals surface area contributed by atoms with Crippen LogP contribution in [0, 0.1) is 13.8 Å². The number of benzene rings is 3. The third-order valence-corrected chi connectivity index (χ3v) is 6.61. The number of aryl methyl sites for hydroxylation is 2. The molecule has 33 heavy (non-hydrogen) atoms. The maximum atomic E-state index is 13.7. The standard InChI is InChI=1S/C26H20BrNO5/c1-13-4-7-17(10-14(13)2)28-23(15-5-8-19(29)21(11-15)32-3)22-24(30)18-12-16(27)6-9-20(18)33-25(22)26(28)31/h4-12,23,29H,1-3H3. The number of methoxy groups -OCH3 is 1. The van der Waals surface area contributed by atoms with Gasteiger partial charge in [-0.05, 0) is 73.0 Å². The number of aromatic hydroxyl groups is 1. The van der Waals surface area contributed by atoms with Gasteiger partial charge in [0.05, 0.1) is 24.1 Å². The lowest BCUT2D eigenvalue weighted by atomic mass is 9.97. The number of carbonyl (C=O) groups excluding carboxylic acids is 1. The number of rotatable bonds is 3. The quantitative estimate of drug-likeness (QED) is 0.389. The Hall–Kier alpha value is -3.58. The van der Waals surface area contributed by atoms with Crippen LogP contribution in [-0.2, 0) is 0 Å². The molecule has 7 heteroatoms. The highest BCUT2D eigenvalue weighted by Crippen LogP contribution is 2.43. The van der Waals surface area contributed by atoms with Crippen LogP contribution in [0.5, 0.6) is 11.5 Å². The highest BCUT2D eigenvalue weighted by Gasteiger charge is 2.44. The summed E-state index contributed by atoms with van der Waals surface area (Å²) in [7, 11) is 1.45. The minimum Gasteiger partial charge on any atom is -0.504 e. The van der Waals surface area contributed by atoms with Gasteiger partial charge in [-0.3, -0.25) is 14.5 Å². The zero-order chi connectivity index (χ0) is 23.4. The predicted molar refractivity (Wildman–Crippen MR) is 129 cm³/mol. The molecule has 0 saturated carbocycles. The van der Waals surface area contributed by atoms with Crippen molar-refractivity contribution in [3.8, 4) is 11.5 Å². The molecule has 0 aliphatic carbocycles. The first kappa shape index (κ1) is 21.3. The first-order valence-electron chi connectivity index (χ1n) is 10.3. The second-order valence-electron chi connectivity index (χ2n) is 8.09. The molecular weight excluding hydrogens is 486 g/mol. The van der Waals surface area contributed by atoms with Crippen molar-refractivity contribution in [3.63, 3.8) is 0 Å². The van der Waals surface area contributed by atoms with Gasteiger partial charge < -0.3 is 14.3 Å². The van der Waals surface area contributed by atoms with Gasteiger partial charge in [0, 0.05) is 10.2 Å². The second-order valence-corrected chi connectivity index (χ2v) is 9.01. The van der Waals surface area contributed by atoms with E-state index in [-0.39, 0.29) is 28.3 Å². The first-order valence-corrected chi connectivity index (χ1v) is 11.1. The van der Waals surface area contributed by atoms with Crippen LogP contribution >= 0.6 is 15.9 Å². The number of halogens is 1. The average Bonchev–Trinajstić information content (AvgIpc) is 3.09. The number of hydrogen-bond donors (Lipinski definition) is 1. The Kier molecular flexibility index (Phi) is 5.01. The van der Waals surface area contributed by atoms with Crippen LogP contribution in [0.4, 0.5) is 5.69 Å². The third kappa shape index (κ3) is 3.31. The molecule has 4 aromatic rings. The van der Waals surface area contributed by atoms with E-state index in [9.17, 15) is 14.7 Å². The summed E-state index contributed by atoms with van der Waals surface area (Å²) >= 11 is 3.41. The summed E-state index contributed by atoms with van der Waals surface area (Å²) in [5.74, 6) is -0.156. The van der Waals surface area contributed by atoms with Crippen molar-refractivity contribution in [1.29, 1.82) is 0 Å². The molecule has 5 rings (SSSR count). The number of phenols is 1. The number of phenolic OH excluding ortho intramolecular Hbond substituents is 1. The number of hydrogen-bond acceptors (Lipinski definition) is 5. The van der Waals surface area contributed by atoms with E-state index in [1.54, 1.807) is 35.2 Å². The lowest BCUT2D eigenvalue weighted by Crippen LogP contribution is -2.29. The monoisotopic (exact) mass is 505 g/mol. The van der Waals surface area contributed by atoms with Gasteiger partial charge in [-0.1, -0.05) is 28.1 Å². The van der Waals surface area contributed by atoms with Crippen LogP contribution in [0.2, 0.25) is 0 Å². The van der Waals surface area contributed by atoms with E-state index in [4.69, 9.17) is 9.15 Å². The second kappa shape index (κ2) is 7.78.